The van der Waals surface area contributed by atoms with Gasteiger partial charge in [0.1, 0.15) is 5.75 Å². The molecule has 1 unspecified atom stereocenters. The molecule has 0 saturated carbocycles. The molecule has 0 aliphatic carbocycles. The van der Waals surface area contributed by atoms with Gasteiger partial charge in [0, 0.05) is 5.56 Å². The Bertz CT molecular complexity index is 604. The number of furan rings is 1. The number of fused-ring (bicyclic) bond motifs is 1. The first-order valence-corrected chi connectivity index (χ1v) is 6.82. The molecule has 2 heterocycles. The number of hydrogen-bond acceptors (Lipinski definition) is 3. The number of benzene rings is 1. The van der Waals surface area contributed by atoms with Crippen molar-refractivity contribution in [2.45, 2.75) is 25.8 Å². The Hall–Kier alpha value is -2.23. The van der Waals surface area contributed by atoms with Crippen LogP contribution in [0.2, 0.25) is 0 Å². The predicted molar refractivity (Wildman–Crippen MR) is 74.8 cm³/mol. The smallest absolute Gasteiger partial charge is 0.287 e. The third kappa shape index (κ3) is 2.54. The van der Waals surface area contributed by atoms with E-state index in [1.54, 1.807) is 12.1 Å². The summed E-state index contributed by atoms with van der Waals surface area (Å²) in [7, 11) is 0. The first kappa shape index (κ1) is 12.8. The molecule has 20 heavy (non-hydrogen) atoms. The van der Waals surface area contributed by atoms with Gasteiger partial charge >= 0.3 is 0 Å². The Balaban J connectivity index is 1.86. The maximum Gasteiger partial charge on any atom is 0.287 e. The Morgan fingerprint density at radius 3 is 3.05 bits per heavy atom. The van der Waals surface area contributed by atoms with Crippen molar-refractivity contribution < 1.29 is 13.9 Å². The molecule has 1 atom stereocenters. The van der Waals surface area contributed by atoms with Gasteiger partial charge in [-0.15, -0.1) is 0 Å². The lowest BCUT2D eigenvalue weighted by Gasteiger charge is -2.18. The summed E-state index contributed by atoms with van der Waals surface area (Å²) in [5, 5.41) is 3.03. The Morgan fingerprint density at radius 2 is 2.25 bits per heavy atom. The number of aryl methyl sites for hydroxylation is 1. The van der Waals surface area contributed by atoms with Gasteiger partial charge in [0.2, 0.25) is 0 Å². The van der Waals surface area contributed by atoms with E-state index < -0.39 is 0 Å². The first-order chi connectivity index (χ1) is 9.74. The summed E-state index contributed by atoms with van der Waals surface area (Å²) in [6, 6.07) is 9.42. The van der Waals surface area contributed by atoms with Crippen LogP contribution in [0.15, 0.2) is 41.0 Å². The van der Waals surface area contributed by atoms with Crippen LogP contribution in [0.1, 0.15) is 40.6 Å². The van der Waals surface area contributed by atoms with Crippen molar-refractivity contribution in [3.8, 4) is 5.75 Å². The molecular formula is C16H17NO3. The van der Waals surface area contributed by atoms with Gasteiger partial charge in [-0.2, -0.15) is 0 Å². The molecule has 0 spiro atoms. The Morgan fingerprint density at radius 1 is 1.35 bits per heavy atom. The largest absolute Gasteiger partial charge is 0.493 e. The lowest BCUT2D eigenvalue weighted by Crippen LogP contribution is -2.28. The number of carbonyl (C=O) groups excluding carboxylic acids is 1. The molecule has 2 aromatic rings. The fourth-order valence-electron chi connectivity index (χ4n) is 2.48. The molecule has 1 aliphatic rings. The third-order valence-electron chi connectivity index (χ3n) is 3.49. The molecule has 104 valence electrons. The highest BCUT2D eigenvalue weighted by Crippen LogP contribution is 2.32. The van der Waals surface area contributed by atoms with Gasteiger partial charge < -0.3 is 14.5 Å². The van der Waals surface area contributed by atoms with E-state index in [2.05, 4.69) is 11.4 Å². The lowest BCUT2D eigenvalue weighted by atomic mass is 10.00. The highest BCUT2D eigenvalue weighted by molar-refractivity contribution is 5.91. The van der Waals surface area contributed by atoms with Crippen molar-refractivity contribution in [2.75, 3.05) is 6.61 Å². The van der Waals surface area contributed by atoms with E-state index in [-0.39, 0.29) is 11.9 Å². The van der Waals surface area contributed by atoms with Crippen LogP contribution in [0, 0.1) is 6.92 Å². The van der Waals surface area contributed by atoms with Crippen LogP contribution < -0.4 is 10.1 Å². The number of hydrogen-bond donors (Lipinski definition) is 1. The summed E-state index contributed by atoms with van der Waals surface area (Å²) in [6.45, 7) is 2.72. The van der Waals surface area contributed by atoms with Crippen molar-refractivity contribution in [3.63, 3.8) is 0 Å². The minimum absolute atomic E-state index is 0.0370. The molecule has 0 fully saturated rings. The molecule has 0 saturated heterocycles. The SMILES string of the molecule is Cc1ccc2c(c1)C(NC(=O)c1ccco1)CCCO2. The van der Waals surface area contributed by atoms with Crippen molar-refractivity contribution in [1.82, 2.24) is 5.32 Å². The fraction of sp³-hybridized carbons (Fsp3) is 0.312. The summed E-state index contributed by atoms with van der Waals surface area (Å²) in [6.07, 6.45) is 3.28. The van der Waals surface area contributed by atoms with E-state index in [1.807, 2.05) is 19.1 Å². The number of ether oxygens (including phenoxy) is 1. The van der Waals surface area contributed by atoms with Crippen LogP contribution in [0.4, 0.5) is 0 Å². The predicted octanol–water partition coefficient (Wildman–Crippen LogP) is 3.23. The number of amides is 1. The zero-order valence-electron chi connectivity index (χ0n) is 11.4. The van der Waals surface area contributed by atoms with Gasteiger partial charge in [-0.25, -0.2) is 0 Å². The molecule has 1 amide bonds. The second-order valence-electron chi connectivity index (χ2n) is 5.04. The van der Waals surface area contributed by atoms with E-state index in [0.717, 1.165) is 29.7 Å². The normalized spacial score (nSPS) is 17.8. The molecular weight excluding hydrogens is 254 g/mol. The van der Waals surface area contributed by atoms with Gasteiger partial charge in [0.15, 0.2) is 5.76 Å². The van der Waals surface area contributed by atoms with Gasteiger partial charge in [-0.1, -0.05) is 17.7 Å². The standard InChI is InChI=1S/C16H17NO3/c1-11-6-7-14-12(10-11)13(4-2-8-19-14)17-16(18)15-5-3-9-20-15/h3,5-7,9-10,13H,2,4,8H2,1H3,(H,17,18). The molecule has 0 bridgehead atoms. The monoisotopic (exact) mass is 271 g/mol. The van der Waals surface area contributed by atoms with Crippen molar-refractivity contribution in [2.24, 2.45) is 0 Å². The third-order valence-corrected chi connectivity index (χ3v) is 3.49. The van der Waals surface area contributed by atoms with E-state index >= 15 is 0 Å². The molecule has 1 aromatic heterocycles. The zero-order valence-corrected chi connectivity index (χ0v) is 11.4. The summed E-state index contributed by atoms with van der Waals surface area (Å²) in [5.41, 5.74) is 2.20. The molecule has 1 aromatic carbocycles. The zero-order chi connectivity index (χ0) is 13.9. The highest BCUT2D eigenvalue weighted by atomic mass is 16.5. The molecule has 4 nitrogen and oxygen atoms in total. The summed E-state index contributed by atoms with van der Waals surface area (Å²) in [5.74, 6) is 1.01. The van der Waals surface area contributed by atoms with Crippen molar-refractivity contribution in [1.29, 1.82) is 0 Å². The van der Waals surface area contributed by atoms with Gasteiger partial charge in [0.05, 0.1) is 18.9 Å². The van der Waals surface area contributed by atoms with E-state index in [4.69, 9.17) is 9.15 Å². The fourth-order valence-corrected chi connectivity index (χ4v) is 2.48. The number of rotatable bonds is 2. The van der Waals surface area contributed by atoms with Gasteiger partial charge in [-0.3, -0.25) is 4.79 Å². The van der Waals surface area contributed by atoms with Gasteiger partial charge in [-0.05, 0) is 38.0 Å². The van der Waals surface area contributed by atoms with E-state index in [9.17, 15) is 4.79 Å². The number of carbonyl (C=O) groups is 1. The van der Waals surface area contributed by atoms with Crippen molar-refractivity contribution in [3.05, 3.63) is 53.5 Å². The van der Waals surface area contributed by atoms with Gasteiger partial charge in [0.25, 0.3) is 5.91 Å². The van der Waals surface area contributed by atoms with Crippen LogP contribution in [0.25, 0.3) is 0 Å². The second-order valence-corrected chi connectivity index (χ2v) is 5.04. The average molecular weight is 271 g/mol. The maximum absolute atomic E-state index is 12.1. The van der Waals surface area contributed by atoms with Crippen molar-refractivity contribution >= 4 is 5.91 Å². The second kappa shape index (κ2) is 5.41. The molecule has 0 radical (unpaired) electrons. The van der Waals surface area contributed by atoms with Crippen LogP contribution in [-0.2, 0) is 0 Å². The van der Waals surface area contributed by atoms with E-state index in [1.165, 1.54) is 6.26 Å². The van der Waals surface area contributed by atoms with Crippen LogP contribution in [0.3, 0.4) is 0 Å². The Labute approximate surface area is 117 Å². The molecule has 1 N–H and O–H groups in total. The Kier molecular flexibility index (Phi) is 3.46. The lowest BCUT2D eigenvalue weighted by molar-refractivity contribution is 0.0906. The minimum atomic E-state index is -0.186. The topological polar surface area (TPSA) is 51.5 Å². The quantitative estimate of drug-likeness (QED) is 0.912. The average Bonchev–Trinajstić information content (AvgIpc) is 2.91. The summed E-state index contributed by atoms with van der Waals surface area (Å²) >= 11 is 0. The maximum atomic E-state index is 12.1. The van der Waals surface area contributed by atoms with Crippen LogP contribution in [-0.4, -0.2) is 12.5 Å². The highest BCUT2D eigenvalue weighted by Gasteiger charge is 2.22. The number of nitrogens with one attached hydrogen (secondary N) is 1. The summed E-state index contributed by atoms with van der Waals surface area (Å²) in [4.78, 5) is 12.1. The molecule has 1 aliphatic heterocycles. The molecule has 4 heteroatoms. The molecule has 3 rings (SSSR count). The van der Waals surface area contributed by atoms with Crippen LogP contribution >= 0.6 is 0 Å². The van der Waals surface area contributed by atoms with E-state index in [0.29, 0.717) is 12.4 Å². The minimum Gasteiger partial charge on any atom is -0.493 e. The van der Waals surface area contributed by atoms with Crippen LogP contribution in [0.5, 0.6) is 5.75 Å². The summed E-state index contributed by atoms with van der Waals surface area (Å²) < 4.78 is 10.9. The first-order valence-electron chi connectivity index (χ1n) is 6.82.